The van der Waals surface area contributed by atoms with Crippen LogP contribution < -0.4 is 11.1 Å². The number of rotatable bonds is 3. The fourth-order valence-corrected chi connectivity index (χ4v) is 1.05. The average Bonchev–Trinajstić information content (AvgIpc) is 2.16. The van der Waals surface area contributed by atoms with E-state index in [1.165, 1.54) is 19.1 Å². The molecule has 1 unspecified atom stereocenters. The number of carboxylic acid groups (broad SMARTS) is 1. The summed E-state index contributed by atoms with van der Waals surface area (Å²) in [5.41, 5.74) is 5.27. The fourth-order valence-electron chi connectivity index (χ4n) is 1.05. The molecule has 0 fully saturated rings. The minimum absolute atomic E-state index is 0.195. The summed E-state index contributed by atoms with van der Waals surface area (Å²) in [6.07, 6.45) is 0. The summed E-state index contributed by atoms with van der Waals surface area (Å²) in [7, 11) is 0. The number of anilines is 1. The first kappa shape index (κ1) is 12.0. The molecule has 1 aromatic rings. The highest BCUT2D eigenvalue weighted by molar-refractivity contribution is 5.96. The van der Waals surface area contributed by atoms with Crippen molar-refractivity contribution in [1.82, 2.24) is 5.32 Å². The molecule has 0 bridgehead atoms. The van der Waals surface area contributed by atoms with E-state index in [1.54, 1.807) is 0 Å². The van der Waals surface area contributed by atoms with Crippen LogP contribution in [0.5, 0.6) is 0 Å². The lowest BCUT2D eigenvalue weighted by molar-refractivity contribution is -0.138. The van der Waals surface area contributed by atoms with Crippen molar-refractivity contribution >= 4 is 17.6 Å². The maximum Gasteiger partial charge on any atom is 0.325 e. The first-order valence-corrected chi connectivity index (χ1v) is 4.50. The summed E-state index contributed by atoms with van der Waals surface area (Å²) in [6, 6.07) is 2.49. The van der Waals surface area contributed by atoms with Gasteiger partial charge in [-0.15, -0.1) is 0 Å². The van der Waals surface area contributed by atoms with Gasteiger partial charge in [0, 0.05) is 5.69 Å². The second kappa shape index (κ2) is 4.61. The standard InChI is InChI=1S/C10H11FN2O3/c1-5(10(15)16)13-9(14)7-3-2-6(12)4-8(7)11/h2-5H,12H2,1H3,(H,13,14)(H,15,16). The maximum atomic E-state index is 13.3. The molecular weight excluding hydrogens is 215 g/mol. The Balaban J connectivity index is 2.85. The summed E-state index contributed by atoms with van der Waals surface area (Å²) in [5.74, 6) is -2.76. The smallest absolute Gasteiger partial charge is 0.325 e. The van der Waals surface area contributed by atoms with Crippen molar-refractivity contribution in [2.24, 2.45) is 0 Å². The number of amides is 1. The first-order chi connectivity index (χ1) is 7.41. The number of nitrogen functional groups attached to an aromatic ring is 1. The molecule has 0 spiro atoms. The molecule has 1 atom stereocenters. The quantitative estimate of drug-likeness (QED) is 0.658. The van der Waals surface area contributed by atoms with Crippen LogP contribution in [0, 0.1) is 5.82 Å². The Morgan fingerprint density at radius 1 is 1.50 bits per heavy atom. The van der Waals surface area contributed by atoms with E-state index >= 15 is 0 Å². The SMILES string of the molecule is CC(NC(=O)c1ccc(N)cc1F)C(=O)O. The van der Waals surface area contributed by atoms with E-state index < -0.39 is 23.7 Å². The van der Waals surface area contributed by atoms with Crippen molar-refractivity contribution in [3.63, 3.8) is 0 Å². The van der Waals surface area contributed by atoms with Crippen LogP contribution in [0.2, 0.25) is 0 Å². The molecule has 5 nitrogen and oxygen atoms in total. The highest BCUT2D eigenvalue weighted by Gasteiger charge is 2.17. The zero-order chi connectivity index (χ0) is 12.3. The molecule has 0 aliphatic carbocycles. The second-order valence-corrected chi connectivity index (χ2v) is 3.27. The number of halogens is 1. The number of hydrogen-bond donors (Lipinski definition) is 3. The van der Waals surface area contributed by atoms with E-state index in [4.69, 9.17) is 10.8 Å². The third-order valence-corrected chi connectivity index (χ3v) is 1.96. The van der Waals surface area contributed by atoms with Crippen molar-refractivity contribution < 1.29 is 19.1 Å². The van der Waals surface area contributed by atoms with Crippen LogP contribution in [-0.2, 0) is 4.79 Å². The van der Waals surface area contributed by atoms with Crippen LogP contribution in [0.1, 0.15) is 17.3 Å². The summed E-state index contributed by atoms with van der Waals surface area (Å²) in [4.78, 5) is 21.9. The van der Waals surface area contributed by atoms with Gasteiger partial charge in [-0.25, -0.2) is 4.39 Å². The Kier molecular flexibility index (Phi) is 3.44. The van der Waals surface area contributed by atoms with Gasteiger partial charge in [0.1, 0.15) is 11.9 Å². The lowest BCUT2D eigenvalue weighted by atomic mass is 10.1. The van der Waals surface area contributed by atoms with Crippen LogP contribution in [0.25, 0.3) is 0 Å². The predicted octanol–water partition coefficient (Wildman–Crippen LogP) is 0.611. The van der Waals surface area contributed by atoms with Crippen molar-refractivity contribution in [3.05, 3.63) is 29.6 Å². The van der Waals surface area contributed by atoms with Gasteiger partial charge in [0.25, 0.3) is 5.91 Å². The normalized spacial score (nSPS) is 11.9. The minimum atomic E-state index is -1.19. The van der Waals surface area contributed by atoms with Gasteiger partial charge in [0.2, 0.25) is 0 Å². The predicted molar refractivity (Wildman–Crippen MR) is 55.4 cm³/mol. The lowest BCUT2D eigenvalue weighted by Crippen LogP contribution is -2.38. The van der Waals surface area contributed by atoms with Crippen molar-refractivity contribution in [2.75, 3.05) is 5.73 Å². The topological polar surface area (TPSA) is 92.4 Å². The van der Waals surface area contributed by atoms with Gasteiger partial charge in [0.05, 0.1) is 5.56 Å². The Bertz CT molecular complexity index is 434. The van der Waals surface area contributed by atoms with Gasteiger partial charge >= 0.3 is 5.97 Å². The van der Waals surface area contributed by atoms with E-state index in [2.05, 4.69) is 5.32 Å². The number of carbonyl (C=O) groups excluding carboxylic acids is 1. The van der Waals surface area contributed by atoms with Crippen LogP contribution in [0.15, 0.2) is 18.2 Å². The summed E-state index contributed by atoms with van der Waals surface area (Å²) in [6.45, 7) is 1.29. The number of hydrogen-bond acceptors (Lipinski definition) is 3. The van der Waals surface area contributed by atoms with Gasteiger partial charge in [0.15, 0.2) is 0 Å². The maximum absolute atomic E-state index is 13.3. The number of carbonyl (C=O) groups is 2. The molecule has 0 radical (unpaired) electrons. The van der Waals surface area contributed by atoms with Crippen molar-refractivity contribution in [2.45, 2.75) is 13.0 Å². The molecule has 0 aromatic heterocycles. The lowest BCUT2D eigenvalue weighted by Gasteiger charge is -2.09. The number of carboxylic acids is 1. The van der Waals surface area contributed by atoms with Gasteiger partial charge in [-0.3, -0.25) is 9.59 Å². The molecule has 16 heavy (non-hydrogen) atoms. The molecule has 86 valence electrons. The summed E-state index contributed by atoms with van der Waals surface area (Å²) < 4.78 is 13.3. The molecule has 4 N–H and O–H groups in total. The number of nitrogens with two attached hydrogens (primary N) is 1. The number of aliphatic carboxylic acids is 1. The third-order valence-electron chi connectivity index (χ3n) is 1.96. The van der Waals surface area contributed by atoms with Crippen molar-refractivity contribution in [1.29, 1.82) is 0 Å². The highest BCUT2D eigenvalue weighted by atomic mass is 19.1. The Morgan fingerprint density at radius 3 is 2.62 bits per heavy atom. The molecule has 1 rings (SSSR count). The molecular formula is C10H11FN2O3. The molecule has 1 aromatic carbocycles. The molecule has 0 saturated heterocycles. The number of benzene rings is 1. The van der Waals surface area contributed by atoms with Gasteiger partial charge < -0.3 is 16.2 Å². The highest BCUT2D eigenvalue weighted by Crippen LogP contribution is 2.11. The van der Waals surface area contributed by atoms with Gasteiger partial charge in [-0.1, -0.05) is 0 Å². The van der Waals surface area contributed by atoms with E-state index in [0.717, 1.165) is 6.07 Å². The van der Waals surface area contributed by atoms with Crippen LogP contribution in [-0.4, -0.2) is 23.0 Å². The van der Waals surface area contributed by atoms with Gasteiger partial charge in [-0.05, 0) is 25.1 Å². The molecule has 0 aliphatic heterocycles. The van der Waals surface area contributed by atoms with Crippen LogP contribution >= 0.6 is 0 Å². The molecule has 0 heterocycles. The molecule has 0 saturated carbocycles. The van der Waals surface area contributed by atoms with Crippen LogP contribution in [0.3, 0.4) is 0 Å². The van der Waals surface area contributed by atoms with E-state index in [0.29, 0.717) is 0 Å². The summed E-state index contributed by atoms with van der Waals surface area (Å²) >= 11 is 0. The van der Waals surface area contributed by atoms with Crippen LogP contribution in [0.4, 0.5) is 10.1 Å². The summed E-state index contributed by atoms with van der Waals surface area (Å²) in [5, 5.41) is 10.7. The third kappa shape index (κ3) is 2.69. The van der Waals surface area contributed by atoms with E-state index in [9.17, 15) is 14.0 Å². The van der Waals surface area contributed by atoms with E-state index in [-0.39, 0.29) is 11.3 Å². The van der Waals surface area contributed by atoms with E-state index in [1.807, 2.05) is 0 Å². The monoisotopic (exact) mass is 226 g/mol. The fraction of sp³-hybridized carbons (Fsp3) is 0.200. The molecule has 6 heteroatoms. The van der Waals surface area contributed by atoms with Crippen molar-refractivity contribution in [3.8, 4) is 0 Å². The first-order valence-electron chi connectivity index (χ1n) is 4.50. The zero-order valence-corrected chi connectivity index (χ0v) is 8.53. The second-order valence-electron chi connectivity index (χ2n) is 3.27. The molecule has 0 aliphatic rings. The number of nitrogens with one attached hydrogen (secondary N) is 1. The largest absolute Gasteiger partial charge is 0.480 e. The minimum Gasteiger partial charge on any atom is -0.480 e. The Hall–Kier alpha value is -2.11. The Morgan fingerprint density at radius 2 is 2.12 bits per heavy atom. The molecule has 1 amide bonds. The Labute approximate surface area is 91.1 Å². The average molecular weight is 226 g/mol. The zero-order valence-electron chi connectivity index (χ0n) is 8.53. The van der Waals surface area contributed by atoms with Gasteiger partial charge in [-0.2, -0.15) is 0 Å².